The van der Waals surface area contributed by atoms with Gasteiger partial charge in [-0.1, -0.05) is 31.1 Å². The molecule has 0 aliphatic carbocycles. The summed E-state index contributed by atoms with van der Waals surface area (Å²) in [6.07, 6.45) is 3.24. The zero-order valence-electron chi connectivity index (χ0n) is 17.8. The summed E-state index contributed by atoms with van der Waals surface area (Å²) in [6, 6.07) is 8.94. The van der Waals surface area contributed by atoms with Crippen LogP contribution in [0.5, 0.6) is 0 Å². The molecule has 1 aromatic heterocycles. The Morgan fingerprint density at radius 1 is 1.24 bits per heavy atom. The molecule has 1 unspecified atom stereocenters. The molecule has 1 fully saturated rings. The summed E-state index contributed by atoms with van der Waals surface area (Å²) in [7, 11) is 1.78. The van der Waals surface area contributed by atoms with Crippen molar-refractivity contribution in [2.75, 3.05) is 31.6 Å². The van der Waals surface area contributed by atoms with Crippen molar-refractivity contribution < 1.29 is 4.52 Å². The fourth-order valence-corrected chi connectivity index (χ4v) is 3.34. The standard InChI is InChI=1S/C21H32N6O.HI/c1-15(2)20-25-19(28-26-20)10-11-23-21(22-4)24-16(3)17-8-7-9-18(14-17)27-12-5-6-13-27;/h7-9,14-16H,5-6,10-13H2,1-4H3,(H2,22,23,24);1H. The number of nitrogens with one attached hydrogen (secondary N) is 2. The van der Waals surface area contributed by atoms with Crippen LogP contribution in [0.15, 0.2) is 33.8 Å². The number of hydrogen-bond donors (Lipinski definition) is 2. The summed E-state index contributed by atoms with van der Waals surface area (Å²) in [5.41, 5.74) is 2.56. The molecule has 29 heavy (non-hydrogen) atoms. The Morgan fingerprint density at radius 2 is 2.00 bits per heavy atom. The number of nitrogens with zero attached hydrogens (tertiary/aromatic N) is 4. The number of guanidine groups is 1. The molecule has 0 saturated carbocycles. The van der Waals surface area contributed by atoms with Gasteiger partial charge in [-0.15, -0.1) is 24.0 Å². The maximum absolute atomic E-state index is 5.29. The van der Waals surface area contributed by atoms with E-state index in [1.165, 1.54) is 24.1 Å². The SMILES string of the molecule is CN=C(NCCc1nc(C(C)C)no1)NC(C)c1cccc(N2CCCC2)c1.I. The van der Waals surface area contributed by atoms with Crippen molar-refractivity contribution in [3.05, 3.63) is 41.5 Å². The molecule has 2 aromatic rings. The molecule has 0 radical (unpaired) electrons. The molecule has 1 aliphatic heterocycles. The van der Waals surface area contributed by atoms with E-state index in [4.69, 9.17) is 4.52 Å². The molecule has 1 aliphatic rings. The van der Waals surface area contributed by atoms with Crippen molar-refractivity contribution in [1.29, 1.82) is 0 Å². The van der Waals surface area contributed by atoms with Crippen LogP contribution in [0, 0.1) is 0 Å². The predicted octanol–water partition coefficient (Wildman–Crippen LogP) is 3.88. The van der Waals surface area contributed by atoms with Crippen LogP contribution in [0.4, 0.5) is 5.69 Å². The molecular weight excluding hydrogens is 479 g/mol. The van der Waals surface area contributed by atoms with Gasteiger partial charge in [0, 0.05) is 44.7 Å². The van der Waals surface area contributed by atoms with Crippen LogP contribution in [-0.2, 0) is 6.42 Å². The lowest BCUT2D eigenvalue weighted by molar-refractivity contribution is 0.371. The van der Waals surface area contributed by atoms with Crippen molar-refractivity contribution in [1.82, 2.24) is 20.8 Å². The quantitative estimate of drug-likeness (QED) is 0.333. The minimum Gasteiger partial charge on any atom is -0.372 e. The number of aliphatic imine (C=N–C) groups is 1. The summed E-state index contributed by atoms with van der Waals surface area (Å²) in [4.78, 5) is 11.2. The Bertz CT molecular complexity index is 785. The van der Waals surface area contributed by atoms with Crippen molar-refractivity contribution in [3.63, 3.8) is 0 Å². The minimum atomic E-state index is 0. The topological polar surface area (TPSA) is 78.6 Å². The van der Waals surface area contributed by atoms with Gasteiger partial charge in [0.05, 0.1) is 6.04 Å². The maximum Gasteiger partial charge on any atom is 0.228 e. The van der Waals surface area contributed by atoms with Gasteiger partial charge in [0.2, 0.25) is 5.89 Å². The van der Waals surface area contributed by atoms with E-state index in [1.807, 2.05) is 0 Å². The molecule has 0 bridgehead atoms. The number of rotatable bonds is 7. The molecule has 1 atom stereocenters. The second-order valence-electron chi connectivity index (χ2n) is 7.61. The first-order chi connectivity index (χ1) is 13.6. The second kappa shape index (κ2) is 11.4. The van der Waals surface area contributed by atoms with Gasteiger partial charge in [-0.2, -0.15) is 4.98 Å². The van der Waals surface area contributed by atoms with Crippen LogP contribution in [0.1, 0.15) is 62.9 Å². The molecule has 0 amide bonds. The monoisotopic (exact) mass is 512 g/mol. The molecule has 2 heterocycles. The number of aromatic nitrogens is 2. The van der Waals surface area contributed by atoms with Crippen LogP contribution in [0.3, 0.4) is 0 Å². The van der Waals surface area contributed by atoms with Crippen molar-refractivity contribution in [2.45, 2.75) is 52.0 Å². The predicted molar refractivity (Wildman–Crippen MR) is 128 cm³/mol. The summed E-state index contributed by atoms with van der Waals surface area (Å²) in [6.45, 7) is 9.26. The highest BCUT2D eigenvalue weighted by Gasteiger charge is 2.15. The largest absolute Gasteiger partial charge is 0.372 e. The number of halogens is 1. The van der Waals surface area contributed by atoms with Crippen LogP contribution >= 0.6 is 24.0 Å². The first kappa shape index (κ1) is 23.4. The van der Waals surface area contributed by atoms with Gasteiger partial charge in [-0.3, -0.25) is 4.99 Å². The Kier molecular flexibility index (Phi) is 9.19. The number of anilines is 1. The van der Waals surface area contributed by atoms with Crippen LogP contribution in [-0.4, -0.2) is 42.8 Å². The molecule has 1 aromatic carbocycles. The average Bonchev–Trinajstić information content (AvgIpc) is 3.39. The van der Waals surface area contributed by atoms with E-state index in [9.17, 15) is 0 Å². The highest BCUT2D eigenvalue weighted by molar-refractivity contribution is 14.0. The van der Waals surface area contributed by atoms with Crippen molar-refractivity contribution >= 4 is 35.6 Å². The summed E-state index contributed by atoms with van der Waals surface area (Å²) >= 11 is 0. The molecule has 160 valence electrons. The lowest BCUT2D eigenvalue weighted by Gasteiger charge is -2.22. The zero-order chi connectivity index (χ0) is 19.9. The normalized spacial score (nSPS) is 15.3. The first-order valence-electron chi connectivity index (χ1n) is 10.2. The number of hydrogen-bond acceptors (Lipinski definition) is 5. The van der Waals surface area contributed by atoms with Gasteiger partial charge >= 0.3 is 0 Å². The highest BCUT2D eigenvalue weighted by Crippen LogP contribution is 2.23. The smallest absolute Gasteiger partial charge is 0.228 e. The molecule has 2 N–H and O–H groups in total. The minimum absolute atomic E-state index is 0. The van der Waals surface area contributed by atoms with E-state index in [0.29, 0.717) is 18.9 Å². The molecule has 3 rings (SSSR count). The molecule has 8 heteroatoms. The lowest BCUT2D eigenvalue weighted by Crippen LogP contribution is -2.39. The average molecular weight is 512 g/mol. The Balaban J connectivity index is 0.00000300. The van der Waals surface area contributed by atoms with E-state index in [2.05, 4.69) is 75.7 Å². The summed E-state index contributed by atoms with van der Waals surface area (Å²) in [5.74, 6) is 2.45. The summed E-state index contributed by atoms with van der Waals surface area (Å²) in [5, 5.41) is 10.8. The van der Waals surface area contributed by atoms with E-state index < -0.39 is 0 Å². The summed E-state index contributed by atoms with van der Waals surface area (Å²) < 4.78 is 5.29. The molecular formula is C21H33IN6O. The second-order valence-corrected chi connectivity index (χ2v) is 7.61. The third-order valence-electron chi connectivity index (χ3n) is 5.05. The molecule has 7 nitrogen and oxygen atoms in total. The fourth-order valence-electron chi connectivity index (χ4n) is 3.34. The van der Waals surface area contributed by atoms with Crippen LogP contribution in [0.25, 0.3) is 0 Å². The van der Waals surface area contributed by atoms with Crippen molar-refractivity contribution in [3.8, 4) is 0 Å². The van der Waals surface area contributed by atoms with E-state index in [1.54, 1.807) is 7.05 Å². The lowest BCUT2D eigenvalue weighted by atomic mass is 10.1. The number of benzene rings is 1. The van der Waals surface area contributed by atoms with Gasteiger partial charge in [0.15, 0.2) is 11.8 Å². The third kappa shape index (κ3) is 6.58. The van der Waals surface area contributed by atoms with Gasteiger partial charge in [-0.05, 0) is 37.5 Å². The maximum atomic E-state index is 5.29. The Hall–Kier alpha value is -1.84. The van der Waals surface area contributed by atoms with Crippen LogP contribution in [0.2, 0.25) is 0 Å². The fraction of sp³-hybridized carbons (Fsp3) is 0.571. The van der Waals surface area contributed by atoms with E-state index >= 15 is 0 Å². The van der Waals surface area contributed by atoms with Gasteiger partial charge in [0.25, 0.3) is 0 Å². The third-order valence-corrected chi connectivity index (χ3v) is 5.05. The molecule has 0 spiro atoms. The van der Waals surface area contributed by atoms with Crippen LogP contribution < -0.4 is 15.5 Å². The van der Waals surface area contributed by atoms with E-state index in [0.717, 1.165) is 24.9 Å². The Morgan fingerprint density at radius 3 is 2.66 bits per heavy atom. The van der Waals surface area contributed by atoms with Crippen molar-refractivity contribution in [2.24, 2.45) is 4.99 Å². The first-order valence-corrected chi connectivity index (χ1v) is 10.2. The zero-order valence-corrected chi connectivity index (χ0v) is 20.1. The van der Waals surface area contributed by atoms with Gasteiger partial charge in [0.1, 0.15) is 0 Å². The van der Waals surface area contributed by atoms with Gasteiger partial charge in [-0.25, -0.2) is 0 Å². The molecule has 1 saturated heterocycles. The Labute approximate surface area is 190 Å². The van der Waals surface area contributed by atoms with E-state index in [-0.39, 0.29) is 35.9 Å². The highest BCUT2D eigenvalue weighted by atomic mass is 127. The van der Waals surface area contributed by atoms with Gasteiger partial charge < -0.3 is 20.1 Å².